The summed E-state index contributed by atoms with van der Waals surface area (Å²) in [6, 6.07) is 5.03. The van der Waals surface area contributed by atoms with Crippen molar-refractivity contribution in [3.05, 3.63) is 33.8 Å². The number of hydrogen-bond donors (Lipinski definition) is 2. The molecule has 0 fully saturated rings. The minimum atomic E-state index is -0.615. The average molecular weight is 234 g/mol. The fraction of sp³-hybridized carbons (Fsp3) is 0.400. The number of benzene rings is 1. The van der Waals surface area contributed by atoms with Crippen molar-refractivity contribution in [1.82, 2.24) is 0 Å². The molecule has 1 rings (SSSR count). The van der Waals surface area contributed by atoms with E-state index in [2.05, 4.69) is 0 Å². The standard InChI is InChI=1S/C10H13Cl2NO/c1-6(5-13)10(14)7-2-8(11)4-9(12)3-7/h2-4,6,10,14H,5,13H2,1H3. The molecule has 2 unspecified atom stereocenters. The van der Waals surface area contributed by atoms with Crippen LogP contribution in [0, 0.1) is 5.92 Å². The first kappa shape index (κ1) is 11.8. The number of hydrogen-bond acceptors (Lipinski definition) is 2. The lowest BCUT2D eigenvalue weighted by Gasteiger charge is -2.17. The van der Waals surface area contributed by atoms with E-state index in [9.17, 15) is 5.11 Å². The van der Waals surface area contributed by atoms with Crippen LogP contribution < -0.4 is 5.73 Å². The summed E-state index contributed by atoms with van der Waals surface area (Å²) in [5.41, 5.74) is 6.17. The molecule has 0 saturated carbocycles. The molecular formula is C10H13Cl2NO. The number of nitrogens with two attached hydrogens (primary N) is 1. The maximum atomic E-state index is 9.84. The predicted octanol–water partition coefficient (Wildman–Crippen LogP) is 2.62. The minimum Gasteiger partial charge on any atom is -0.388 e. The van der Waals surface area contributed by atoms with Gasteiger partial charge in [0.2, 0.25) is 0 Å². The topological polar surface area (TPSA) is 46.2 Å². The van der Waals surface area contributed by atoms with E-state index in [1.807, 2.05) is 6.92 Å². The van der Waals surface area contributed by atoms with Crippen molar-refractivity contribution in [1.29, 1.82) is 0 Å². The Hall–Kier alpha value is -0.280. The Balaban J connectivity index is 2.94. The van der Waals surface area contributed by atoms with Gasteiger partial charge in [0.05, 0.1) is 6.10 Å². The number of aliphatic hydroxyl groups is 1. The summed E-state index contributed by atoms with van der Waals surface area (Å²) in [5.74, 6) is -0.00969. The first-order chi connectivity index (χ1) is 6.54. The van der Waals surface area contributed by atoms with Crippen molar-refractivity contribution >= 4 is 23.2 Å². The predicted molar refractivity (Wildman–Crippen MR) is 59.6 cm³/mol. The highest BCUT2D eigenvalue weighted by Gasteiger charge is 2.15. The van der Waals surface area contributed by atoms with Crippen LogP contribution in [-0.2, 0) is 0 Å². The highest BCUT2D eigenvalue weighted by atomic mass is 35.5. The van der Waals surface area contributed by atoms with Crippen LogP contribution in [0.1, 0.15) is 18.6 Å². The van der Waals surface area contributed by atoms with Crippen LogP contribution in [-0.4, -0.2) is 11.7 Å². The van der Waals surface area contributed by atoms with Gasteiger partial charge < -0.3 is 10.8 Å². The van der Waals surface area contributed by atoms with Crippen LogP contribution in [0.5, 0.6) is 0 Å². The van der Waals surface area contributed by atoms with Gasteiger partial charge in [-0.2, -0.15) is 0 Å². The van der Waals surface area contributed by atoms with E-state index in [0.29, 0.717) is 22.2 Å². The van der Waals surface area contributed by atoms with E-state index >= 15 is 0 Å². The maximum absolute atomic E-state index is 9.84. The smallest absolute Gasteiger partial charge is 0.0828 e. The number of aliphatic hydroxyl groups excluding tert-OH is 1. The molecule has 78 valence electrons. The lowest BCUT2D eigenvalue weighted by molar-refractivity contribution is 0.122. The SMILES string of the molecule is CC(CN)C(O)c1cc(Cl)cc(Cl)c1. The summed E-state index contributed by atoms with van der Waals surface area (Å²) >= 11 is 11.6. The Bertz CT molecular complexity index is 297. The van der Waals surface area contributed by atoms with Gasteiger partial charge in [-0.1, -0.05) is 30.1 Å². The fourth-order valence-corrected chi connectivity index (χ4v) is 1.75. The largest absolute Gasteiger partial charge is 0.388 e. The Labute approximate surface area is 93.6 Å². The van der Waals surface area contributed by atoms with Crippen LogP contribution in [0.3, 0.4) is 0 Å². The third kappa shape index (κ3) is 2.85. The Kier molecular flexibility index (Phi) is 4.20. The molecule has 1 aromatic rings. The molecule has 0 spiro atoms. The fourth-order valence-electron chi connectivity index (χ4n) is 1.20. The molecule has 4 heteroatoms. The van der Waals surface area contributed by atoms with Gasteiger partial charge in [-0.05, 0) is 36.2 Å². The quantitative estimate of drug-likeness (QED) is 0.844. The normalized spacial score (nSPS) is 15.2. The lowest BCUT2D eigenvalue weighted by atomic mass is 9.98. The second kappa shape index (κ2) is 4.99. The summed E-state index contributed by atoms with van der Waals surface area (Å²) < 4.78 is 0. The highest BCUT2D eigenvalue weighted by molar-refractivity contribution is 6.34. The molecule has 14 heavy (non-hydrogen) atoms. The molecule has 3 N–H and O–H groups in total. The maximum Gasteiger partial charge on any atom is 0.0828 e. The Morgan fingerprint density at radius 3 is 2.21 bits per heavy atom. The Morgan fingerprint density at radius 2 is 1.79 bits per heavy atom. The highest BCUT2D eigenvalue weighted by Crippen LogP contribution is 2.27. The van der Waals surface area contributed by atoms with E-state index in [0.717, 1.165) is 0 Å². The average Bonchev–Trinajstić information content (AvgIpc) is 2.14. The van der Waals surface area contributed by atoms with Crippen molar-refractivity contribution < 1.29 is 5.11 Å². The molecule has 0 aliphatic carbocycles. The molecule has 0 bridgehead atoms. The van der Waals surface area contributed by atoms with Crippen LogP contribution in [0.25, 0.3) is 0 Å². The minimum absolute atomic E-state index is 0.00969. The molecule has 1 aromatic carbocycles. The summed E-state index contributed by atoms with van der Waals surface area (Å²) in [4.78, 5) is 0. The van der Waals surface area contributed by atoms with Gasteiger partial charge in [-0.15, -0.1) is 0 Å². The van der Waals surface area contributed by atoms with Gasteiger partial charge in [0.25, 0.3) is 0 Å². The molecule has 0 radical (unpaired) electrons. The third-order valence-electron chi connectivity index (χ3n) is 2.14. The van der Waals surface area contributed by atoms with E-state index < -0.39 is 6.10 Å². The first-order valence-corrected chi connectivity index (χ1v) is 5.14. The number of halogens is 2. The van der Waals surface area contributed by atoms with Crippen molar-refractivity contribution in [2.45, 2.75) is 13.0 Å². The second-order valence-electron chi connectivity index (χ2n) is 3.36. The van der Waals surface area contributed by atoms with Crippen LogP contribution in [0.4, 0.5) is 0 Å². The molecule has 0 aliphatic heterocycles. The van der Waals surface area contributed by atoms with Crippen LogP contribution >= 0.6 is 23.2 Å². The van der Waals surface area contributed by atoms with Gasteiger partial charge in [-0.25, -0.2) is 0 Å². The van der Waals surface area contributed by atoms with Crippen LogP contribution in [0.2, 0.25) is 10.0 Å². The van der Waals surface area contributed by atoms with Crippen molar-refractivity contribution in [2.75, 3.05) is 6.54 Å². The lowest BCUT2D eigenvalue weighted by Crippen LogP contribution is -2.18. The second-order valence-corrected chi connectivity index (χ2v) is 4.23. The molecule has 0 heterocycles. The van der Waals surface area contributed by atoms with Crippen molar-refractivity contribution in [2.24, 2.45) is 11.7 Å². The van der Waals surface area contributed by atoms with E-state index in [1.54, 1.807) is 18.2 Å². The molecule has 0 amide bonds. The van der Waals surface area contributed by atoms with Gasteiger partial charge in [0.15, 0.2) is 0 Å². The zero-order valence-corrected chi connectivity index (χ0v) is 9.39. The van der Waals surface area contributed by atoms with Gasteiger partial charge in [0.1, 0.15) is 0 Å². The number of rotatable bonds is 3. The van der Waals surface area contributed by atoms with E-state index in [1.165, 1.54) is 0 Å². The molecule has 0 saturated heterocycles. The van der Waals surface area contributed by atoms with E-state index in [-0.39, 0.29) is 5.92 Å². The first-order valence-electron chi connectivity index (χ1n) is 4.38. The Morgan fingerprint density at radius 1 is 1.29 bits per heavy atom. The van der Waals surface area contributed by atoms with Gasteiger partial charge in [0, 0.05) is 10.0 Å². The zero-order valence-electron chi connectivity index (χ0n) is 7.87. The summed E-state index contributed by atoms with van der Waals surface area (Å²) in [6.45, 7) is 2.30. The summed E-state index contributed by atoms with van der Waals surface area (Å²) in [7, 11) is 0. The molecule has 0 aromatic heterocycles. The van der Waals surface area contributed by atoms with Gasteiger partial charge >= 0.3 is 0 Å². The van der Waals surface area contributed by atoms with E-state index in [4.69, 9.17) is 28.9 Å². The summed E-state index contributed by atoms with van der Waals surface area (Å²) in [5, 5.41) is 10.9. The monoisotopic (exact) mass is 233 g/mol. The third-order valence-corrected chi connectivity index (χ3v) is 2.57. The van der Waals surface area contributed by atoms with Crippen LogP contribution in [0.15, 0.2) is 18.2 Å². The van der Waals surface area contributed by atoms with Crippen molar-refractivity contribution in [3.63, 3.8) is 0 Å². The van der Waals surface area contributed by atoms with Gasteiger partial charge in [-0.3, -0.25) is 0 Å². The molecule has 2 atom stereocenters. The molecule has 2 nitrogen and oxygen atoms in total. The molecule has 0 aliphatic rings. The zero-order chi connectivity index (χ0) is 10.7. The summed E-state index contributed by atoms with van der Waals surface area (Å²) in [6.07, 6.45) is -0.615. The molecular weight excluding hydrogens is 221 g/mol. The van der Waals surface area contributed by atoms with Crippen molar-refractivity contribution in [3.8, 4) is 0 Å².